The Kier molecular flexibility index (Phi) is 3.21. The number of rotatable bonds is 4. The fraction of sp³-hybridized carbons (Fsp3) is 0.375. The number of ether oxygens (including phenoxy) is 2. The fourth-order valence-electron chi connectivity index (χ4n) is 2.57. The smallest absolute Gasteiger partial charge is 0.231 e. The first-order valence-electron chi connectivity index (χ1n) is 7.43. The van der Waals surface area contributed by atoms with Crippen molar-refractivity contribution in [2.75, 3.05) is 6.79 Å². The molecule has 0 atom stereocenters. The summed E-state index contributed by atoms with van der Waals surface area (Å²) in [5, 5.41) is 6.90. The zero-order valence-electron chi connectivity index (χ0n) is 12.0. The number of benzene rings is 1. The van der Waals surface area contributed by atoms with Gasteiger partial charge < -0.3 is 19.3 Å². The van der Waals surface area contributed by atoms with Crippen LogP contribution in [0.5, 0.6) is 11.5 Å². The molecule has 1 aliphatic heterocycles. The van der Waals surface area contributed by atoms with Gasteiger partial charge in [0.25, 0.3) is 0 Å². The van der Waals surface area contributed by atoms with Crippen molar-refractivity contribution in [1.29, 1.82) is 0 Å². The molecule has 1 amide bonds. The van der Waals surface area contributed by atoms with Crippen molar-refractivity contribution in [3.8, 4) is 22.8 Å². The Bertz CT molecular complexity index is 706. The summed E-state index contributed by atoms with van der Waals surface area (Å²) in [6, 6.07) is 7.43. The first kappa shape index (κ1) is 13.2. The highest BCUT2D eigenvalue weighted by molar-refractivity contribution is 5.79. The van der Waals surface area contributed by atoms with E-state index in [2.05, 4.69) is 10.5 Å². The third kappa shape index (κ3) is 2.41. The van der Waals surface area contributed by atoms with Crippen molar-refractivity contribution < 1.29 is 18.8 Å². The van der Waals surface area contributed by atoms with Gasteiger partial charge in [-0.15, -0.1) is 0 Å². The molecule has 0 spiro atoms. The number of carbonyl (C=O) groups excluding carboxylic acids is 1. The van der Waals surface area contributed by atoms with Crippen LogP contribution in [-0.4, -0.2) is 17.9 Å². The van der Waals surface area contributed by atoms with E-state index in [-0.39, 0.29) is 18.6 Å². The second-order valence-electron chi connectivity index (χ2n) is 5.60. The van der Waals surface area contributed by atoms with E-state index in [0.717, 1.165) is 30.6 Å². The number of hydrogen-bond donors (Lipinski definition) is 1. The average molecular weight is 300 g/mol. The molecular weight excluding hydrogens is 284 g/mol. The molecule has 6 nitrogen and oxygen atoms in total. The Morgan fingerprint density at radius 2 is 2.09 bits per heavy atom. The van der Waals surface area contributed by atoms with Crippen LogP contribution in [0.25, 0.3) is 11.3 Å². The summed E-state index contributed by atoms with van der Waals surface area (Å²) in [4.78, 5) is 11.8. The quantitative estimate of drug-likeness (QED) is 0.939. The van der Waals surface area contributed by atoms with Crippen molar-refractivity contribution in [1.82, 2.24) is 10.5 Å². The molecule has 0 radical (unpaired) electrons. The van der Waals surface area contributed by atoms with E-state index >= 15 is 0 Å². The summed E-state index contributed by atoms with van der Waals surface area (Å²) < 4.78 is 16.0. The molecule has 22 heavy (non-hydrogen) atoms. The molecule has 0 saturated heterocycles. The highest BCUT2D eigenvalue weighted by Gasteiger charge is 2.25. The van der Waals surface area contributed by atoms with Gasteiger partial charge in [0, 0.05) is 17.5 Å². The lowest BCUT2D eigenvalue weighted by molar-refractivity contribution is -0.127. The van der Waals surface area contributed by atoms with Crippen LogP contribution in [0.3, 0.4) is 0 Å². The molecule has 1 aromatic carbocycles. The van der Waals surface area contributed by atoms with E-state index in [0.29, 0.717) is 23.7 Å². The van der Waals surface area contributed by atoms with E-state index in [1.54, 1.807) is 0 Å². The lowest BCUT2D eigenvalue weighted by atomic mass is 9.85. The summed E-state index contributed by atoms with van der Waals surface area (Å²) in [6.45, 7) is 0.636. The SMILES string of the molecule is O=C(NCc1cc(-c2ccc3c(c2)OCO3)on1)C1CCC1. The second kappa shape index (κ2) is 5.36. The fourth-order valence-corrected chi connectivity index (χ4v) is 2.57. The first-order chi connectivity index (χ1) is 10.8. The molecule has 1 aliphatic carbocycles. The third-order valence-electron chi connectivity index (χ3n) is 4.14. The largest absolute Gasteiger partial charge is 0.454 e. The molecule has 2 heterocycles. The molecule has 0 bridgehead atoms. The van der Waals surface area contributed by atoms with Crippen molar-refractivity contribution >= 4 is 5.91 Å². The number of aromatic nitrogens is 1. The van der Waals surface area contributed by atoms with Crippen LogP contribution >= 0.6 is 0 Å². The third-order valence-corrected chi connectivity index (χ3v) is 4.14. The summed E-state index contributed by atoms with van der Waals surface area (Å²) in [5.41, 5.74) is 1.58. The molecule has 1 aromatic heterocycles. The lowest BCUT2D eigenvalue weighted by Crippen LogP contribution is -2.34. The second-order valence-corrected chi connectivity index (χ2v) is 5.60. The molecule has 2 aromatic rings. The lowest BCUT2D eigenvalue weighted by Gasteiger charge is -2.23. The minimum atomic E-state index is 0.110. The van der Waals surface area contributed by atoms with Crippen LogP contribution in [0.2, 0.25) is 0 Å². The van der Waals surface area contributed by atoms with E-state index in [4.69, 9.17) is 14.0 Å². The number of nitrogens with one attached hydrogen (secondary N) is 1. The van der Waals surface area contributed by atoms with Crippen LogP contribution in [0.1, 0.15) is 25.0 Å². The first-order valence-corrected chi connectivity index (χ1v) is 7.43. The summed E-state index contributed by atoms with van der Waals surface area (Å²) in [7, 11) is 0. The van der Waals surface area contributed by atoms with Crippen LogP contribution in [0.15, 0.2) is 28.8 Å². The van der Waals surface area contributed by atoms with E-state index in [1.807, 2.05) is 24.3 Å². The monoisotopic (exact) mass is 300 g/mol. The predicted molar refractivity (Wildman–Crippen MR) is 77.2 cm³/mol. The zero-order chi connectivity index (χ0) is 14.9. The number of nitrogens with zero attached hydrogens (tertiary/aromatic N) is 1. The number of carbonyl (C=O) groups is 1. The molecule has 1 fully saturated rings. The number of fused-ring (bicyclic) bond motifs is 1. The van der Waals surface area contributed by atoms with Gasteiger partial charge in [0.15, 0.2) is 17.3 Å². The van der Waals surface area contributed by atoms with Gasteiger partial charge in [-0.25, -0.2) is 0 Å². The molecule has 1 saturated carbocycles. The van der Waals surface area contributed by atoms with Crippen LogP contribution < -0.4 is 14.8 Å². The maximum absolute atomic E-state index is 11.8. The standard InChI is InChI=1S/C16H16N2O4/c19-16(10-2-1-3-10)17-8-12-7-14(22-18-12)11-4-5-13-15(6-11)21-9-20-13/h4-7,10H,1-3,8-9H2,(H,17,19). The summed E-state index contributed by atoms with van der Waals surface area (Å²) in [6.07, 6.45) is 3.14. The minimum absolute atomic E-state index is 0.110. The normalized spacial score (nSPS) is 16.4. The highest BCUT2D eigenvalue weighted by atomic mass is 16.7. The van der Waals surface area contributed by atoms with Crippen LogP contribution in [0, 0.1) is 5.92 Å². The van der Waals surface area contributed by atoms with E-state index in [1.165, 1.54) is 0 Å². The summed E-state index contributed by atoms with van der Waals surface area (Å²) in [5.74, 6) is 2.37. The van der Waals surface area contributed by atoms with Gasteiger partial charge in [-0.3, -0.25) is 4.79 Å². The van der Waals surface area contributed by atoms with E-state index in [9.17, 15) is 4.79 Å². The molecule has 0 unspecified atom stereocenters. The Labute approximate surface area is 127 Å². The predicted octanol–water partition coefficient (Wildman–Crippen LogP) is 2.49. The van der Waals surface area contributed by atoms with Gasteiger partial charge in [-0.1, -0.05) is 11.6 Å². The molecule has 1 N–H and O–H groups in total. The minimum Gasteiger partial charge on any atom is -0.454 e. The van der Waals surface area contributed by atoms with Gasteiger partial charge in [0.05, 0.1) is 6.54 Å². The maximum atomic E-state index is 11.8. The van der Waals surface area contributed by atoms with Gasteiger partial charge >= 0.3 is 0 Å². The Morgan fingerprint density at radius 1 is 1.23 bits per heavy atom. The average Bonchev–Trinajstić information content (AvgIpc) is 3.11. The molecule has 2 aliphatic rings. The van der Waals surface area contributed by atoms with E-state index < -0.39 is 0 Å². The Hall–Kier alpha value is -2.50. The van der Waals surface area contributed by atoms with Gasteiger partial charge in [0.1, 0.15) is 5.69 Å². The van der Waals surface area contributed by atoms with Crippen LogP contribution in [-0.2, 0) is 11.3 Å². The van der Waals surface area contributed by atoms with Gasteiger partial charge in [-0.2, -0.15) is 0 Å². The number of hydrogen-bond acceptors (Lipinski definition) is 5. The molecule has 4 rings (SSSR count). The topological polar surface area (TPSA) is 73.6 Å². The van der Waals surface area contributed by atoms with Crippen LogP contribution in [0.4, 0.5) is 0 Å². The molecule has 6 heteroatoms. The molecular formula is C16H16N2O4. The van der Waals surface area contributed by atoms with Crippen molar-refractivity contribution in [3.05, 3.63) is 30.0 Å². The maximum Gasteiger partial charge on any atom is 0.231 e. The van der Waals surface area contributed by atoms with Crippen molar-refractivity contribution in [2.24, 2.45) is 5.92 Å². The zero-order valence-corrected chi connectivity index (χ0v) is 12.0. The van der Waals surface area contributed by atoms with Gasteiger partial charge in [0.2, 0.25) is 12.7 Å². The Balaban J connectivity index is 1.43. The van der Waals surface area contributed by atoms with Gasteiger partial charge in [-0.05, 0) is 31.0 Å². The summed E-state index contributed by atoms with van der Waals surface area (Å²) >= 11 is 0. The highest BCUT2D eigenvalue weighted by Crippen LogP contribution is 2.36. The number of amides is 1. The molecule has 114 valence electrons. The van der Waals surface area contributed by atoms with Crippen molar-refractivity contribution in [2.45, 2.75) is 25.8 Å². The van der Waals surface area contributed by atoms with Crippen molar-refractivity contribution in [3.63, 3.8) is 0 Å². The Morgan fingerprint density at radius 3 is 2.91 bits per heavy atom.